The van der Waals surface area contributed by atoms with Crippen LogP contribution in [0.5, 0.6) is 0 Å². The van der Waals surface area contributed by atoms with E-state index in [1.807, 2.05) is 0 Å². The molecule has 8 nitrogen and oxygen atoms in total. The first kappa shape index (κ1) is 34.5. The van der Waals surface area contributed by atoms with Crippen LogP contribution >= 0.6 is 7.60 Å². The van der Waals surface area contributed by atoms with Crippen LogP contribution in [0.3, 0.4) is 0 Å². The van der Waals surface area contributed by atoms with Gasteiger partial charge in [-0.3, -0.25) is 4.57 Å². The van der Waals surface area contributed by atoms with Crippen molar-refractivity contribution in [3.8, 4) is 0 Å². The average Bonchev–Trinajstić information content (AvgIpc) is 2.80. The third-order valence-electron chi connectivity index (χ3n) is 6.20. The van der Waals surface area contributed by atoms with Gasteiger partial charge in [0.1, 0.15) is 0 Å². The largest absolute Gasteiger partial charge is 0.477 e. The molecule has 0 aliphatic carbocycles. The van der Waals surface area contributed by atoms with Gasteiger partial charge in [0.25, 0.3) is 0 Å². The normalized spacial score (nSPS) is 13.7. The molecule has 0 aromatic rings. The van der Waals surface area contributed by atoms with E-state index in [1.165, 1.54) is 77.0 Å². The maximum Gasteiger partial charge on any atom is 0.400 e. The molecule has 0 saturated carbocycles. The smallest absolute Gasteiger partial charge is 0.400 e. The van der Waals surface area contributed by atoms with E-state index in [1.54, 1.807) is 0 Å². The lowest BCUT2D eigenvalue weighted by molar-refractivity contribution is -0.391. The van der Waals surface area contributed by atoms with Gasteiger partial charge >= 0.3 is 19.1 Å². The Morgan fingerprint density at radius 3 is 1.31 bits per heavy atom. The number of carboxylic acid groups (broad SMARTS) is 1. The number of carbonyl (C=O) groups is 1. The molecule has 0 bridgehead atoms. The summed E-state index contributed by atoms with van der Waals surface area (Å²) in [5, 5.41) is 9.48. The Bertz CT molecular complexity index is 539. The molecule has 3 N–H and O–H groups in total. The number of hydrogen-bond acceptors (Lipinski definition) is 5. The molecule has 1 unspecified atom stereocenters. The first-order valence-electron chi connectivity index (χ1n) is 14.1. The van der Waals surface area contributed by atoms with Crippen LogP contribution in [0, 0.1) is 0 Å². The van der Waals surface area contributed by atoms with Crippen molar-refractivity contribution in [2.45, 2.75) is 148 Å². The van der Waals surface area contributed by atoms with Gasteiger partial charge in [-0.1, -0.05) is 129 Å². The molecule has 9 heteroatoms. The summed E-state index contributed by atoms with van der Waals surface area (Å²) in [5.74, 6) is -1.89. The molecule has 0 aromatic carbocycles. The lowest BCUT2D eigenvalue weighted by atomic mass is 10.1. The molecule has 0 aliphatic rings. The zero-order chi connectivity index (χ0) is 26.3. The quantitative estimate of drug-likeness (QED) is 0.0328. The van der Waals surface area contributed by atoms with E-state index in [4.69, 9.17) is 14.5 Å². The minimum atomic E-state index is -5.29. The highest BCUT2D eigenvalue weighted by Crippen LogP contribution is 2.52. The molecule has 0 heterocycles. The summed E-state index contributed by atoms with van der Waals surface area (Å²) in [5.41, 5.74) is -3.12. The van der Waals surface area contributed by atoms with Crippen molar-refractivity contribution in [2.75, 3.05) is 13.2 Å². The van der Waals surface area contributed by atoms with E-state index >= 15 is 0 Å². The molecule has 35 heavy (non-hydrogen) atoms. The van der Waals surface area contributed by atoms with Gasteiger partial charge in [-0.05, 0) is 12.8 Å². The maximum absolute atomic E-state index is 11.9. The summed E-state index contributed by atoms with van der Waals surface area (Å²) in [7, 11) is -5.29. The first-order valence-corrected chi connectivity index (χ1v) is 15.7. The van der Waals surface area contributed by atoms with E-state index in [0.29, 0.717) is 12.8 Å². The van der Waals surface area contributed by atoms with Gasteiger partial charge < -0.3 is 19.6 Å². The fourth-order valence-corrected chi connectivity index (χ4v) is 4.61. The monoisotopic (exact) mass is 524 g/mol. The second-order valence-corrected chi connectivity index (χ2v) is 11.2. The van der Waals surface area contributed by atoms with Crippen molar-refractivity contribution in [1.82, 2.24) is 0 Å². The highest BCUT2D eigenvalue weighted by Gasteiger charge is 2.59. The van der Waals surface area contributed by atoms with Gasteiger partial charge in [0.2, 0.25) is 0 Å². The molecule has 0 fully saturated rings. The third-order valence-corrected chi connectivity index (χ3v) is 7.36. The number of rotatable bonds is 27. The molecule has 0 aliphatic heterocycles. The zero-order valence-electron chi connectivity index (χ0n) is 22.4. The fraction of sp³-hybridized carbons (Fsp3) is 0.962. The van der Waals surface area contributed by atoms with Crippen LogP contribution in [0.1, 0.15) is 142 Å². The fourth-order valence-electron chi connectivity index (χ4n) is 3.95. The molecule has 0 saturated heterocycles. The summed E-state index contributed by atoms with van der Waals surface area (Å²) in [6, 6.07) is 0. The second-order valence-electron chi connectivity index (χ2n) is 9.55. The Morgan fingerprint density at radius 1 is 0.629 bits per heavy atom. The minimum absolute atomic E-state index is 0.0488. The Labute approximate surface area is 213 Å². The molecule has 210 valence electrons. The molecule has 0 spiro atoms. The Hall–Kier alpha value is -0.500. The zero-order valence-corrected chi connectivity index (χ0v) is 23.3. The summed E-state index contributed by atoms with van der Waals surface area (Å²) >= 11 is 0. The van der Waals surface area contributed by atoms with Gasteiger partial charge in [0.15, 0.2) is 0 Å². The number of unbranched alkanes of at least 4 members (excludes halogenated alkanes) is 18. The Balaban J connectivity index is 4.10. The van der Waals surface area contributed by atoms with Crippen molar-refractivity contribution in [3.05, 3.63) is 0 Å². The lowest BCUT2D eigenvalue weighted by Gasteiger charge is -2.28. The Kier molecular flexibility index (Phi) is 22.4. The summed E-state index contributed by atoms with van der Waals surface area (Å²) in [6.07, 6.45) is 22.1. The first-order chi connectivity index (χ1) is 16.8. The molecule has 0 aromatic heterocycles. The highest BCUT2D eigenvalue weighted by atomic mass is 31.2. The number of ether oxygens (including phenoxy) is 1. The van der Waals surface area contributed by atoms with E-state index < -0.39 is 19.1 Å². The van der Waals surface area contributed by atoms with Gasteiger partial charge in [0.05, 0.1) is 13.2 Å². The van der Waals surface area contributed by atoms with Crippen molar-refractivity contribution in [1.29, 1.82) is 0 Å². The Morgan fingerprint density at radius 2 is 0.971 bits per heavy atom. The van der Waals surface area contributed by atoms with Crippen LogP contribution < -0.4 is 0 Å². The predicted octanol–water partition coefficient (Wildman–Crippen LogP) is 7.71. The van der Waals surface area contributed by atoms with Gasteiger partial charge in [-0.15, -0.1) is 0 Å². The van der Waals surface area contributed by atoms with Crippen LogP contribution in [0.2, 0.25) is 0 Å². The minimum Gasteiger partial charge on any atom is -0.477 e. The lowest BCUT2D eigenvalue weighted by Crippen LogP contribution is -2.44. The van der Waals surface area contributed by atoms with E-state index in [2.05, 4.69) is 13.8 Å². The summed E-state index contributed by atoms with van der Waals surface area (Å²) < 4.78 is 17.0. The number of hydrogen-bond donors (Lipinski definition) is 3. The van der Waals surface area contributed by atoms with Crippen molar-refractivity contribution in [2.24, 2.45) is 0 Å². The van der Waals surface area contributed by atoms with Crippen LogP contribution in [0.15, 0.2) is 0 Å². The topological polar surface area (TPSA) is 123 Å². The molecule has 0 amide bonds. The van der Waals surface area contributed by atoms with Gasteiger partial charge in [-0.2, -0.15) is 4.89 Å². The molecule has 1 atom stereocenters. The van der Waals surface area contributed by atoms with Crippen LogP contribution in [-0.2, 0) is 23.9 Å². The average molecular weight is 525 g/mol. The number of carboxylic acids is 1. The van der Waals surface area contributed by atoms with Crippen molar-refractivity contribution < 1.29 is 38.8 Å². The van der Waals surface area contributed by atoms with Crippen molar-refractivity contribution in [3.63, 3.8) is 0 Å². The summed E-state index contributed by atoms with van der Waals surface area (Å²) in [4.78, 5) is 40.6. The predicted molar refractivity (Wildman–Crippen MR) is 139 cm³/mol. The van der Waals surface area contributed by atoms with Crippen LogP contribution in [-0.4, -0.2) is 39.6 Å². The highest BCUT2D eigenvalue weighted by molar-refractivity contribution is 7.54. The van der Waals surface area contributed by atoms with Gasteiger partial charge in [0, 0.05) is 0 Å². The third kappa shape index (κ3) is 17.6. The van der Waals surface area contributed by atoms with Crippen LogP contribution in [0.4, 0.5) is 0 Å². The molecule has 0 radical (unpaired) electrons. The van der Waals surface area contributed by atoms with Crippen molar-refractivity contribution >= 4 is 13.6 Å². The van der Waals surface area contributed by atoms with E-state index in [-0.39, 0.29) is 13.2 Å². The SMILES string of the molecule is CCCCCCCCCCCCOOC(OCCCCCCCCCCCC)(C(=O)O)P(=O)(O)O. The standard InChI is InChI=1S/C26H53O8P/c1-3-5-7-9-11-13-15-17-19-21-23-32-26(25(27)28,35(29,30)31)34-33-24-22-20-18-16-14-12-10-8-6-4-2/h3-24H2,1-2H3,(H,27,28)(H2,29,30,31). The molecular weight excluding hydrogens is 471 g/mol. The van der Waals surface area contributed by atoms with E-state index in [9.17, 15) is 24.3 Å². The van der Waals surface area contributed by atoms with Crippen LogP contribution in [0.25, 0.3) is 0 Å². The summed E-state index contributed by atoms with van der Waals surface area (Å²) in [6.45, 7) is 4.32. The number of aliphatic carboxylic acids is 1. The molecule has 0 rings (SSSR count). The van der Waals surface area contributed by atoms with E-state index in [0.717, 1.165) is 38.5 Å². The van der Waals surface area contributed by atoms with Gasteiger partial charge in [-0.25, -0.2) is 9.68 Å². The second kappa shape index (κ2) is 22.7. The molecular formula is C26H53O8P. The maximum atomic E-state index is 11.9.